The van der Waals surface area contributed by atoms with E-state index in [-0.39, 0.29) is 6.42 Å². The Hall–Kier alpha value is -2.05. The molecule has 98 valence electrons. The summed E-state index contributed by atoms with van der Waals surface area (Å²) in [7, 11) is 0. The lowest BCUT2D eigenvalue weighted by atomic mass is 9.93. The van der Waals surface area contributed by atoms with E-state index in [1.54, 1.807) is 6.92 Å². The molecule has 0 amide bonds. The first-order chi connectivity index (χ1) is 8.38. The van der Waals surface area contributed by atoms with Crippen LogP contribution in [0.1, 0.15) is 31.2 Å². The molecule has 0 aliphatic carbocycles. The van der Waals surface area contributed by atoms with Crippen molar-refractivity contribution in [2.75, 3.05) is 0 Å². The molecule has 1 aromatic carbocycles. The van der Waals surface area contributed by atoms with Crippen LogP contribution in [0.2, 0.25) is 0 Å². The number of carboxylic acids is 1. The topological polar surface area (TPSA) is 80.4 Å². The molecule has 0 spiro atoms. The van der Waals surface area contributed by atoms with Crippen LogP contribution in [0, 0.1) is 21.7 Å². The minimum atomic E-state index is -1.36. The van der Waals surface area contributed by atoms with Crippen molar-refractivity contribution in [1.29, 1.82) is 0 Å². The van der Waals surface area contributed by atoms with Crippen molar-refractivity contribution in [3.05, 3.63) is 39.4 Å². The number of carboxylic acid groups (broad SMARTS) is 1. The molecule has 0 aliphatic heterocycles. The number of nitro groups is 1. The van der Waals surface area contributed by atoms with Crippen molar-refractivity contribution in [2.24, 2.45) is 0 Å². The van der Waals surface area contributed by atoms with Gasteiger partial charge in [0.15, 0.2) is 0 Å². The molecule has 0 saturated heterocycles. The quantitative estimate of drug-likeness (QED) is 0.651. The Bertz CT molecular complexity index is 490. The summed E-state index contributed by atoms with van der Waals surface area (Å²) < 4.78 is 26.4. The fourth-order valence-electron chi connectivity index (χ4n) is 1.74. The SMILES string of the molecule is CCCC(C(=O)O)c1cc(F)cc(F)c1[N+](=O)[O-]. The van der Waals surface area contributed by atoms with E-state index < -0.39 is 39.7 Å². The smallest absolute Gasteiger partial charge is 0.311 e. The lowest BCUT2D eigenvalue weighted by Gasteiger charge is -2.12. The van der Waals surface area contributed by atoms with Gasteiger partial charge in [-0.25, -0.2) is 4.39 Å². The molecular formula is C11H11F2NO4. The van der Waals surface area contributed by atoms with Crippen LogP contribution in [-0.4, -0.2) is 16.0 Å². The number of hydrogen-bond donors (Lipinski definition) is 1. The maximum absolute atomic E-state index is 13.4. The van der Waals surface area contributed by atoms with Crippen molar-refractivity contribution >= 4 is 11.7 Å². The molecule has 1 atom stereocenters. The maximum Gasteiger partial charge on any atom is 0.311 e. The van der Waals surface area contributed by atoms with Gasteiger partial charge in [0.2, 0.25) is 5.82 Å². The van der Waals surface area contributed by atoms with E-state index in [2.05, 4.69) is 0 Å². The van der Waals surface area contributed by atoms with Crippen molar-refractivity contribution in [2.45, 2.75) is 25.7 Å². The van der Waals surface area contributed by atoms with Gasteiger partial charge in [-0.1, -0.05) is 13.3 Å². The minimum absolute atomic E-state index is 0.0685. The number of nitro benzene ring substituents is 1. The number of halogens is 2. The molecule has 0 aromatic heterocycles. The molecule has 1 unspecified atom stereocenters. The number of rotatable bonds is 5. The fourth-order valence-corrected chi connectivity index (χ4v) is 1.74. The number of benzene rings is 1. The van der Waals surface area contributed by atoms with Crippen LogP contribution in [0.3, 0.4) is 0 Å². The Morgan fingerprint density at radius 1 is 1.50 bits per heavy atom. The molecule has 0 fully saturated rings. The Kier molecular flexibility index (Phi) is 4.30. The van der Waals surface area contributed by atoms with E-state index in [0.29, 0.717) is 18.6 Å². The van der Waals surface area contributed by atoms with Crippen LogP contribution in [0.5, 0.6) is 0 Å². The Morgan fingerprint density at radius 3 is 2.56 bits per heavy atom. The third-order valence-electron chi connectivity index (χ3n) is 2.49. The number of carbonyl (C=O) groups is 1. The van der Waals surface area contributed by atoms with E-state index in [1.165, 1.54) is 0 Å². The van der Waals surface area contributed by atoms with Gasteiger partial charge in [-0.2, -0.15) is 4.39 Å². The first-order valence-corrected chi connectivity index (χ1v) is 5.24. The van der Waals surface area contributed by atoms with Crippen LogP contribution < -0.4 is 0 Å². The van der Waals surface area contributed by atoms with Crippen LogP contribution in [0.15, 0.2) is 12.1 Å². The summed E-state index contributed by atoms with van der Waals surface area (Å²) in [6.07, 6.45) is 0.491. The zero-order valence-corrected chi connectivity index (χ0v) is 9.52. The molecule has 18 heavy (non-hydrogen) atoms. The van der Waals surface area contributed by atoms with Crippen molar-refractivity contribution < 1.29 is 23.6 Å². The lowest BCUT2D eigenvalue weighted by Crippen LogP contribution is -2.14. The fraction of sp³-hybridized carbons (Fsp3) is 0.364. The summed E-state index contributed by atoms with van der Waals surface area (Å²) in [5.41, 5.74) is -1.41. The van der Waals surface area contributed by atoms with Crippen LogP contribution >= 0.6 is 0 Å². The number of nitrogens with zero attached hydrogens (tertiary/aromatic N) is 1. The average molecular weight is 259 g/mol. The summed E-state index contributed by atoms with van der Waals surface area (Å²) in [6.45, 7) is 1.68. The van der Waals surface area contributed by atoms with E-state index in [9.17, 15) is 23.7 Å². The largest absolute Gasteiger partial charge is 0.481 e. The maximum atomic E-state index is 13.4. The van der Waals surface area contributed by atoms with Gasteiger partial charge in [-0.3, -0.25) is 14.9 Å². The van der Waals surface area contributed by atoms with Gasteiger partial charge in [0.25, 0.3) is 0 Å². The van der Waals surface area contributed by atoms with Gasteiger partial charge in [0.1, 0.15) is 5.82 Å². The summed E-state index contributed by atoms with van der Waals surface area (Å²) >= 11 is 0. The molecule has 1 N–H and O–H groups in total. The normalized spacial score (nSPS) is 12.2. The second-order valence-electron chi connectivity index (χ2n) is 3.76. The Morgan fingerprint density at radius 2 is 2.11 bits per heavy atom. The number of aliphatic carboxylic acids is 1. The number of hydrogen-bond acceptors (Lipinski definition) is 3. The van der Waals surface area contributed by atoms with Gasteiger partial charge >= 0.3 is 11.7 Å². The molecular weight excluding hydrogens is 248 g/mol. The van der Waals surface area contributed by atoms with Gasteiger partial charge in [-0.05, 0) is 12.5 Å². The molecule has 0 bridgehead atoms. The minimum Gasteiger partial charge on any atom is -0.481 e. The summed E-state index contributed by atoms with van der Waals surface area (Å²) in [4.78, 5) is 20.7. The second kappa shape index (κ2) is 5.52. The molecule has 1 rings (SSSR count). The van der Waals surface area contributed by atoms with Crippen molar-refractivity contribution in [3.8, 4) is 0 Å². The Labute approximate surface area is 101 Å². The second-order valence-corrected chi connectivity index (χ2v) is 3.76. The monoisotopic (exact) mass is 259 g/mol. The highest BCUT2D eigenvalue weighted by Crippen LogP contribution is 2.33. The zero-order valence-electron chi connectivity index (χ0n) is 9.52. The highest BCUT2D eigenvalue weighted by molar-refractivity contribution is 5.78. The average Bonchev–Trinajstić information content (AvgIpc) is 2.23. The standard InChI is InChI=1S/C11H11F2NO4/c1-2-3-7(11(15)16)8-4-6(12)5-9(13)10(8)14(17)18/h4-5,7H,2-3H2,1H3,(H,15,16). The molecule has 1 aromatic rings. The van der Waals surface area contributed by atoms with Crippen LogP contribution in [0.25, 0.3) is 0 Å². The van der Waals surface area contributed by atoms with E-state index >= 15 is 0 Å². The Balaban J connectivity index is 3.44. The first-order valence-electron chi connectivity index (χ1n) is 5.24. The summed E-state index contributed by atoms with van der Waals surface area (Å²) in [5.74, 6) is -5.03. The third-order valence-corrected chi connectivity index (χ3v) is 2.49. The molecule has 7 heteroatoms. The van der Waals surface area contributed by atoms with Gasteiger partial charge < -0.3 is 5.11 Å². The van der Waals surface area contributed by atoms with Crippen molar-refractivity contribution in [3.63, 3.8) is 0 Å². The molecule has 0 aliphatic rings. The van der Waals surface area contributed by atoms with E-state index in [0.717, 1.165) is 0 Å². The predicted octanol–water partition coefficient (Wildman–Crippen LogP) is 2.84. The lowest BCUT2D eigenvalue weighted by molar-refractivity contribution is -0.388. The van der Waals surface area contributed by atoms with Gasteiger partial charge in [0, 0.05) is 6.07 Å². The molecule has 0 heterocycles. The summed E-state index contributed by atoms with van der Waals surface area (Å²) in [5, 5.41) is 19.7. The first kappa shape index (κ1) is 14.0. The highest BCUT2D eigenvalue weighted by Gasteiger charge is 2.31. The summed E-state index contributed by atoms with van der Waals surface area (Å²) in [6, 6.07) is 1.07. The molecule has 0 saturated carbocycles. The van der Waals surface area contributed by atoms with Gasteiger partial charge in [-0.15, -0.1) is 0 Å². The van der Waals surface area contributed by atoms with Gasteiger partial charge in [0.05, 0.1) is 16.4 Å². The van der Waals surface area contributed by atoms with Crippen LogP contribution in [-0.2, 0) is 4.79 Å². The van der Waals surface area contributed by atoms with Crippen LogP contribution in [0.4, 0.5) is 14.5 Å². The highest BCUT2D eigenvalue weighted by atomic mass is 19.1. The van der Waals surface area contributed by atoms with E-state index in [4.69, 9.17) is 5.11 Å². The predicted molar refractivity (Wildman–Crippen MR) is 58.3 cm³/mol. The van der Waals surface area contributed by atoms with Crippen molar-refractivity contribution in [1.82, 2.24) is 0 Å². The third kappa shape index (κ3) is 2.79. The molecule has 5 nitrogen and oxygen atoms in total. The molecule has 0 radical (unpaired) electrons. The zero-order chi connectivity index (χ0) is 13.9. The van der Waals surface area contributed by atoms with E-state index in [1.807, 2.05) is 0 Å².